The zero-order valence-electron chi connectivity index (χ0n) is 11.9. The number of carbonyl (C=O) groups excluding carboxylic acids is 2. The van der Waals surface area contributed by atoms with Gasteiger partial charge in [-0.05, 0) is 12.3 Å². The Balaban J connectivity index is 4.48. The molecule has 0 aromatic heterocycles. The highest BCUT2D eigenvalue weighted by Gasteiger charge is 2.28. The van der Waals surface area contributed by atoms with Gasteiger partial charge < -0.3 is 15.8 Å². The molecule has 0 radical (unpaired) electrons. The van der Waals surface area contributed by atoms with Crippen LogP contribution in [0.15, 0.2) is 0 Å². The van der Waals surface area contributed by atoms with Crippen molar-refractivity contribution in [2.45, 2.75) is 58.5 Å². The molecule has 106 valence electrons. The number of hydrogen-bond donors (Lipinski definition) is 2. The molecule has 0 heterocycles. The van der Waals surface area contributed by atoms with E-state index in [0.717, 1.165) is 19.3 Å². The van der Waals surface area contributed by atoms with Gasteiger partial charge in [-0.25, -0.2) is 4.79 Å². The molecule has 5 heteroatoms. The fourth-order valence-corrected chi connectivity index (χ4v) is 1.61. The zero-order chi connectivity index (χ0) is 14.1. The summed E-state index contributed by atoms with van der Waals surface area (Å²) >= 11 is 0. The predicted octanol–water partition coefficient (Wildman–Crippen LogP) is 1.21. The molecule has 2 unspecified atom stereocenters. The second-order valence-electron chi connectivity index (χ2n) is 4.64. The summed E-state index contributed by atoms with van der Waals surface area (Å²) in [6.45, 7) is 5.91. The number of ether oxygens (including phenoxy) is 1. The van der Waals surface area contributed by atoms with Crippen LogP contribution >= 0.6 is 0 Å². The van der Waals surface area contributed by atoms with E-state index in [1.807, 2.05) is 20.8 Å². The number of nitrogens with one attached hydrogen (secondary N) is 1. The third-order valence-corrected chi connectivity index (χ3v) is 3.17. The van der Waals surface area contributed by atoms with Crippen LogP contribution in [0.3, 0.4) is 0 Å². The van der Waals surface area contributed by atoms with Crippen LogP contribution in [0.1, 0.15) is 46.5 Å². The Morgan fingerprint density at radius 2 is 1.94 bits per heavy atom. The van der Waals surface area contributed by atoms with Gasteiger partial charge in [0.25, 0.3) is 0 Å². The first kappa shape index (κ1) is 16.9. The predicted molar refractivity (Wildman–Crippen MR) is 70.9 cm³/mol. The van der Waals surface area contributed by atoms with Crippen LogP contribution in [-0.4, -0.2) is 31.1 Å². The highest BCUT2D eigenvalue weighted by molar-refractivity contribution is 5.87. The molecule has 1 amide bonds. The largest absolute Gasteiger partial charge is 0.467 e. The molecule has 0 saturated carbocycles. The smallest absolute Gasteiger partial charge is 0.328 e. The molecular formula is C13H26N2O3. The maximum Gasteiger partial charge on any atom is 0.328 e. The van der Waals surface area contributed by atoms with Crippen molar-refractivity contribution in [2.75, 3.05) is 7.11 Å². The van der Waals surface area contributed by atoms with Crippen molar-refractivity contribution in [2.24, 2.45) is 11.7 Å². The Morgan fingerprint density at radius 1 is 1.33 bits per heavy atom. The maximum absolute atomic E-state index is 11.9. The molecule has 5 nitrogen and oxygen atoms in total. The number of hydrogen-bond acceptors (Lipinski definition) is 4. The quantitative estimate of drug-likeness (QED) is 0.641. The van der Waals surface area contributed by atoms with Gasteiger partial charge in [0.15, 0.2) is 0 Å². The van der Waals surface area contributed by atoms with Crippen LogP contribution in [-0.2, 0) is 14.3 Å². The molecule has 0 spiro atoms. The average Bonchev–Trinajstić information content (AvgIpc) is 2.39. The van der Waals surface area contributed by atoms with Crippen LogP contribution < -0.4 is 11.1 Å². The van der Waals surface area contributed by atoms with Crippen LogP contribution in [0.5, 0.6) is 0 Å². The lowest BCUT2D eigenvalue weighted by Crippen LogP contribution is -2.51. The van der Waals surface area contributed by atoms with E-state index in [1.54, 1.807) is 0 Å². The van der Waals surface area contributed by atoms with Crippen LogP contribution in [0, 0.1) is 5.92 Å². The summed E-state index contributed by atoms with van der Waals surface area (Å²) in [6.07, 6.45) is 3.31. The van der Waals surface area contributed by atoms with Gasteiger partial charge in [-0.2, -0.15) is 0 Å². The monoisotopic (exact) mass is 258 g/mol. The minimum Gasteiger partial charge on any atom is -0.467 e. The molecule has 18 heavy (non-hydrogen) atoms. The van der Waals surface area contributed by atoms with Gasteiger partial charge in [0.2, 0.25) is 5.91 Å². The van der Waals surface area contributed by atoms with Gasteiger partial charge in [0.05, 0.1) is 13.2 Å². The van der Waals surface area contributed by atoms with E-state index < -0.39 is 18.1 Å². The van der Waals surface area contributed by atoms with Crippen molar-refractivity contribution in [3.63, 3.8) is 0 Å². The summed E-state index contributed by atoms with van der Waals surface area (Å²) < 4.78 is 4.70. The Labute approximate surface area is 109 Å². The number of amides is 1. The first-order chi connectivity index (χ1) is 8.47. The maximum atomic E-state index is 11.9. The van der Waals surface area contributed by atoms with Gasteiger partial charge in [0, 0.05) is 0 Å². The van der Waals surface area contributed by atoms with Crippen molar-refractivity contribution in [3.8, 4) is 0 Å². The minimum atomic E-state index is -0.611. The third-order valence-electron chi connectivity index (χ3n) is 3.17. The molecule has 0 aliphatic heterocycles. The lowest BCUT2D eigenvalue weighted by Gasteiger charge is -2.23. The molecule has 0 saturated heterocycles. The number of rotatable bonds is 8. The molecule has 0 fully saturated rings. The highest BCUT2D eigenvalue weighted by atomic mass is 16.5. The van der Waals surface area contributed by atoms with Crippen molar-refractivity contribution < 1.29 is 14.3 Å². The third kappa shape index (κ3) is 5.49. The summed E-state index contributed by atoms with van der Waals surface area (Å²) in [6, 6.07) is -1.17. The van der Waals surface area contributed by atoms with E-state index in [2.05, 4.69) is 5.32 Å². The Kier molecular flexibility index (Phi) is 8.37. The minimum absolute atomic E-state index is 0.0276. The number of carbonyl (C=O) groups is 2. The Morgan fingerprint density at radius 3 is 2.39 bits per heavy atom. The number of esters is 1. The summed E-state index contributed by atoms with van der Waals surface area (Å²) in [5.74, 6) is -0.667. The van der Waals surface area contributed by atoms with Gasteiger partial charge in [0.1, 0.15) is 6.04 Å². The zero-order valence-corrected chi connectivity index (χ0v) is 11.9. The standard InChI is InChI=1S/C13H26N2O3/c1-5-7-8-10(14)12(16)15-11(9(3)6-2)13(17)18-4/h9-11H,5-8,14H2,1-4H3,(H,15,16)/t9?,10-,11?/m0/s1. The first-order valence-corrected chi connectivity index (χ1v) is 6.61. The molecule has 0 aromatic rings. The van der Waals surface area contributed by atoms with E-state index in [9.17, 15) is 9.59 Å². The number of unbranched alkanes of at least 4 members (excludes halogenated alkanes) is 1. The Bertz CT molecular complexity index is 269. The van der Waals surface area contributed by atoms with Gasteiger partial charge in [-0.3, -0.25) is 4.79 Å². The van der Waals surface area contributed by atoms with E-state index in [4.69, 9.17) is 10.5 Å². The second kappa shape index (κ2) is 8.91. The normalized spacial score (nSPS) is 15.6. The summed E-state index contributed by atoms with van der Waals surface area (Å²) in [5, 5.41) is 2.69. The topological polar surface area (TPSA) is 81.4 Å². The van der Waals surface area contributed by atoms with Gasteiger partial charge in [-0.1, -0.05) is 40.0 Å². The summed E-state index contributed by atoms with van der Waals surface area (Å²) in [7, 11) is 1.32. The molecule has 0 rings (SSSR count). The second-order valence-corrected chi connectivity index (χ2v) is 4.64. The summed E-state index contributed by atoms with van der Waals surface area (Å²) in [4.78, 5) is 23.5. The fraction of sp³-hybridized carbons (Fsp3) is 0.846. The van der Waals surface area contributed by atoms with E-state index in [-0.39, 0.29) is 11.8 Å². The number of methoxy groups -OCH3 is 1. The van der Waals surface area contributed by atoms with Crippen molar-refractivity contribution in [1.29, 1.82) is 0 Å². The van der Waals surface area contributed by atoms with Crippen molar-refractivity contribution >= 4 is 11.9 Å². The fourth-order valence-electron chi connectivity index (χ4n) is 1.61. The van der Waals surface area contributed by atoms with Crippen LogP contribution in [0.2, 0.25) is 0 Å². The Hall–Kier alpha value is -1.10. The SMILES string of the molecule is CCCC[C@H](N)C(=O)NC(C(=O)OC)C(C)CC. The van der Waals surface area contributed by atoms with Crippen LogP contribution in [0.4, 0.5) is 0 Å². The lowest BCUT2D eigenvalue weighted by molar-refractivity contribution is -0.146. The average molecular weight is 258 g/mol. The van der Waals surface area contributed by atoms with Gasteiger partial charge in [-0.15, -0.1) is 0 Å². The van der Waals surface area contributed by atoms with E-state index >= 15 is 0 Å². The molecule has 0 aliphatic carbocycles. The first-order valence-electron chi connectivity index (χ1n) is 6.61. The van der Waals surface area contributed by atoms with Crippen molar-refractivity contribution in [3.05, 3.63) is 0 Å². The molecule has 0 bridgehead atoms. The van der Waals surface area contributed by atoms with E-state index in [0.29, 0.717) is 6.42 Å². The molecule has 0 aromatic carbocycles. The molecule has 0 aliphatic rings. The molecule has 3 N–H and O–H groups in total. The molecule has 3 atom stereocenters. The highest BCUT2D eigenvalue weighted by Crippen LogP contribution is 2.10. The summed E-state index contributed by atoms with van der Waals surface area (Å²) in [5.41, 5.74) is 5.77. The van der Waals surface area contributed by atoms with E-state index in [1.165, 1.54) is 7.11 Å². The van der Waals surface area contributed by atoms with Gasteiger partial charge >= 0.3 is 5.97 Å². The number of nitrogens with two attached hydrogens (primary N) is 1. The van der Waals surface area contributed by atoms with Crippen molar-refractivity contribution in [1.82, 2.24) is 5.32 Å². The lowest BCUT2D eigenvalue weighted by atomic mass is 9.98. The molecular weight excluding hydrogens is 232 g/mol. The van der Waals surface area contributed by atoms with Crippen LogP contribution in [0.25, 0.3) is 0 Å².